The van der Waals surface area contributed by atoms with Crippen LogP contribution in [0.2, 0.25) is 0 Å². The zero-order valence-electron chi connectivity index (χ0n) is 11.3. The van der Waals surface area contributed by atoms with Gasteiger partial charge in [-0.1, -0.05) is 19.1 Å². The normalized spacial score (nSPS) is 20.1. The van der Waals surface area contributed by atoms with E-state index in [1.807, 2.05) is 0 Å². The van der Waals surface area contributed by atoms with Crippen molar-refractivity contribution in [2.45, 2.75) is 38.8 Å². The molecule has 2 rings (SSSR count). The first-order valence-corrected chi connectivity index (χ1v) is 6.99. The lowest BCUT2D eigenvalue weighted by Crippen LogP contribution is -2.39. The summed E-state index contributed by atoms with van der Waals surface area (Å²) in [6.07, 6.45) is 3.88. The van der Waals surface area contributed by atoms with Gasteiger partial charge in [-0.3, -0.25) is 0 Å². The molecule has 0 aromatic heterocycles. The second kappa shape index (κ2) is 6.76. The SMILES string of the molecule is CCCOC1CCCN(c2cccc(CN)c2)C1. The van der Waals surface area contributed by atoms with E-state index in [-0.39, 0.29) is 0 Å². The third-order valence-corrected chi connectivity index (χ3v) is 3.45. The Morgan fingerprint density at radius 2 is 2.33 bits per heavy atom. The van der Waals surface area contributed by atoms with Gasteiger partial charge in [0.15, 0.2) is 0 Å². The maximum Gasteiger partial charge on any atom is 0.0750 e. The summed E-state index contributed by atoms with van der Waals surface area (Å²) < 4.78 is 5.87. The number of ether oxygens (including phenoxy) is 1. The summed E-state index contributed by atoms with van der Waals surface area (Å²) in [4.78, 5) is 2.42. The fourth-order valence-corrected chi connectivity index (χ4v) is 2.47. The Bertz CT molecular complexity index is 367. The molecule has 100 valence electrons. The average Bonchev–Trinajstić information content (AvgIpc) is 2.45. The number of anilines is 1. The maximum atomic E-state index is 5.87. The molecule has 0 spiro atoms. The Labute approximate surface area is 110 Å². The molecule has 1 aliphatic rings. The summed E-state index contributed by atoms with van der Waals surface area (Å²) in [5.41, 5.74) is 8.18. The van der Waals surface area contributed by atoms with Crippen molar-refractivity contribution in [3.63, 3.8) is 0 Å². The summed E-state index contributed by atoms with van der Waals surface area (Å²) in [6, 6.07) is 8.54. The smallest absolute Gasteiger partial charge is 0.0750 e. The predicted octanol–water partition coefficient (Wildman–Crippen LogP) is 2.54. The van der Waals surface area contributed by atoms with Crippen molar-refractivity contribution in [3.05, 3.63) is 29.8 Å². The van der Waals surface area contributed by atoms with Crippen molar-refractivity contribution >= 4 is 5.69 Å². The van der Waals surface area contributed by atoms with Gasteiger partial charge in [-0.15, -0.1) is 0 Å². The van der Waals surface area contributed by atoms with Gasteiger partial charge in [0.25, 0.3) is 0 Å². The highest BCUT2D eigenvalue weighted by molar-refractivity contribution is 5.49. The first-order valence-electron chi connectivity index (χ1n) is 6.99. The molecule has 18 heavy (non-hydrogen) atoms. The van der Waals surface area contributed by atoms with E-state index in [0.717, 1.165) is 26.1 Å². The van der Waals surface area contributed by atoms with Crippen molar-refractivity contribution in [1.29, 1.82) is 0 Å². The summed E-state index contributed by atoms with van der Waals surface area (Å²) in [5, 5.41) is 0. The number of hydrogen-bond acceptors (Lipinski definition) is 3. The summed E-state index contributed by atoms with van der Waals surface area (Å²) in [5.74, 6) is 0. The summed E-state index contributed by atoms with van der Waals surface area (Å²) >= 11 is 0. The highest BCUT2D eigenvalue weighted by Gasteiger charge is 2.20. The third kappa shape index (κ3) is 3.47. The summed E-state index contributed by atoms with van der Waals surface area (Å²) in [6.45, 7) is 5.78. The van der Waals surface area contributed by atoms with E-state index in [1.54, 1.807) is 0 Å². The molecular weight excluding hydrogens is 224 g/mol. The monoisotopic (exact) mass is 248 g/mol. The largest absolute Gasteiger partial charge is 0.376 e. The standard InChI is InChI=1S/C15H24N2O/c1-2-9-18-15-7-4-8-17(12-15)14-6-3-5-13(10-14)11-16/h3,5-6,10,15H,2,4,7-9,11-12,16H2,1H3. The molecule has 3 nitrogen and oxygen atoms in total. The van der Waals surface area contributed by atoms with E-state index in [2.05, 4.69) is 36.1 Å². The lowest BCUT2D eigenvalue weighted by molar-refractivity contribution is 0.0440. The molecule has 1 atom stereocenters. The molecular formula is C15H24N2O. The maximum absolute atomic E-state index is 5.87. The van der Waals surface area contributed by atoms with Gasteiger partial charge < -0.3 is 15.4 Å². The molecule has 1 aliphatic heterocycles. The molecule has 2 N–H and O–H groups in total. The molecule has 1 saturated heterocycles. The number of rotatable bonds is 5. The molecule has 0 saturated carbocycles. The van der Waals surface area contributed by atoms with E-state index in [4.69, 9.17) is 10.5 Å². The Balaban J connectivity index is 1.98. The molecule has 0 bridgehead atoms. The van der Waals surface area contributed by atoms with Gasteiger partial charge in [0.2, 0.25) is 0 Å². The fourth-order valence-electron chi connectivity index (χ4n) is 2.47. The van der Waals surface area contributed by atoms with Crippen molar-refractivity contribution in [3.8, 4) is 0 Å². The molecule has 1 heterocycles. The van der Waals surface area contributed by atoms with Gasteiger partial charge in [0, 0.05) is 31.9 Å². The number of benzene rings is 1. The lowest BCUT2D eigenvalue weighted by atomic mass is 10.1. The number of hydrogen-bond donors (Lipinski definition) is 1. The van der Waals surface area contributed by atoms with Crippen LogP contribution < -0.4 is 10.6 Å². The second-order valence-electron chi connectivity index (χ2n) is 4.96. The van der Waals surface area contributed by atoms with Crippen LogP contribution >= 0.6 is 0 Å². The van der Waals surface area contributed by atoms with Crippen LogP contribution in [0.1, 0.15) is 31.7 Å². The van der Waals surface area contributed by atoms with Crippen molar-refractivity contribution in [2.24, 2.45) is 5.73 Å². The van der Waals surface area contributed by atoms with Crippen molar-refractivity contribution in [1.82, 2.24) is 0 Å². The second-order valence-corrected chi connectivity index (χ2v) is 4.96. The molecule has 0 aliphatic carbocycles. The number of nitrogens with two attached hydrogens (primary N) is 1. The molecule has 1 aromatic carbocycles. The van der Waals surface area contributed by atoms with Crippen molar-refractivity contribution < 1.29 is 4.74 Å². The van der Waals surface area contributed by atoms with Crippen LogP contribution in [0.15, 0.2) is 24.3 Å². The van der Waals surface area contributed by atoms with E-state index in [0.29, 0.717) is 12.6 Å². The van der Waals surface area contributed by atoms with Gasteiger partial charge in [-0.05, 0) is 37.0 Å². The highest BCUT2D eigenvalue weighted by atomic mass is 16.5. The quantitative estimate of drug-likeness (QED) is 0.870. The van der Waals surface area contributed by atoms with Gasteiger partial charge in [0.05, 0.1) is 6.10 Å². The zero-order chi connectivity index (χ0) is 12.8. The van der Waals surface area contributed by atoms with Gasteiger partial charge >= 0.3 is 0 Å². The topological polar surface area (TPSA) is 38.5 Å². The first-order chi connectivity index (χ1) is 8.83. The molecule has 3 heteroatoms. The fraction of sp³-hybridized carbons (Fsp3) is 0.600. The van der Waals surface area contributed by atoms with Crippen LogP contribution in [0, 0.1) is 0 Å². The van der Waals surface area contributed by atoms with Crippen LogP contribution in [-0.2, 0) is 11.3 Å². The van der Waals surface area contributed by atoms with Crippen molar-refractivity contribution in [2.75, 3.05) is 24.6 Å². The molecule has 1 aromatic rings. The van der Waals surface area contributed by atoms with Gasteiger partial charge in [-0.25, -0.2) is 0 Å². The van der Waals surface area contributed by atoms with Crippen LogP contribution in [0.3, 0.4) is 0 Å². The van der Waals surface area contributed by atoms with E-state index < -0.39 is 0 Å². The highest BCUT2D eigenvalue weighted by Crippen LogP contribution is 2.22. The van der Waals surface area contributed by atoms with Gasteiger partial charge in [-0.2, -0.15) is 0 Å². The van der Waals surface area contributed by atoms with E-state index >= 15 is 0 Å². The minimum atomic E-state index is 0.389. The minimum Gasteiger partial charge on any atom is -0.376 e. The zero-order valence-corrected chi connectivity index (χ0v) is 11.3. The van der Waals surface area contributed by atoms with Crippen LogP contribution in [0.4, 0.5) is 5.69 Å². The third-order valence-electron chi connectivity index (χ3n) is 3.45. The Morgan fingerprint density at radius 3 is 3.11 bits per heavy atom. The predicted molar refractivity (Wildman–Crippen MR) is 75.8 cm³/mol. The van der Waals surface area contributed by atoms with Crippen LogP contribution in [0.25, 0.3) is 0 Å². The minimum absolute atomic E-state index is 0.389. The molecule has 0 amide bonds. The van der Waals surface area contributed by atoms with Crippen LogP contribution in [0.5, 0.6) is 0 Å². The molecule has 1 fully saturated rings. The lowest BCUT2D eigenvalue weighted by Gasteiger charge is -2.34. The Kier molecular flexibility index (Phi) is 5.02. The van der Waals surface area contributed by atoms with E-state index in [9.17, 15) is 0 Å². The Morgan fingerprint density at radius 1 is 1.44 bits per heavy atom. The van der Waals surface area contributed by atoms with Crippen LogP contribution in [-0.4, -0.2) is 25.8 Å². The first kappa shape index (κ1) is 13.4. The molecule has 0 radical (unpaired) electrons. The Hall–Kier alpha value is -1.06. The average molecular weight is 248 g/mol. The number of piperidine rings is 1. The van der Waals surface area contributed by atoms with E-state index in [1.165, 1.54) is 24.1 Å². The summed E-state index contributed by atoms with van der Waals surface area (Å²) in [7, 11) is 0. The molecule has 1 unspecified atom stereocenters. The number of nitrogens with zero attached hydrogens (tertiary/aromatic N) is 1. The van der Waals surface area contributed by atoms with Gasteiger partial charge in [0.1, 0.15) is 0 Å².